The standard InChI is InChI=1S/C14H16BrF3O4/c1-7(2)11(13(21,12(19)20)14(16,17)18)9-5-4-8(15)6-10(9)22-3/h4-7,11,21H,1-3H3,(H,19,20). The number of methoxy groups -OCH3 is 1. The summed E-state index contributed by atoms with van der Waals surface area (Å²) in [6, 6.07) is 4.20. The number of ether oxygens (including phenoxy) is 1. The van der Waals surface area contributed by atoms with Crippen molar-refractivity contribution in [2.24, 2.45) is 5.92 Å². The van der Waals surface area contributed by atoms with Gasteiger partial charge in [-0.05, 0) is 18.1 Å². The highest BCUT2D eigenvalue weighted by atomic mass is 79.9. The molecule has 0 radical (unpaired) electrons. The van der Waals surface area contributed by atoms with Gasteiger partial charge in [-0.15, -0.1) is 0 Å². The van der Waals surface area contributed by atoms with Crippen molar-refractivity contribution in [3.8, 4) is 5.75 Å². The zero-order valence-corrected chi connectivity index (χ0v) is 13.7. The van der Waals surface area contributed by atoms with E-state index in [4.69, 9.17) is 9.84 Å². The molecule has 0 bridgehead atoms. The van der Waals surface area contributed by atoms with Crippen molar-refractivity contribution in [2.75, 3.05) is 7.11 Å². The molecule has 0 heterocycles. The smallest absolute Gasteiger partial charge is 0.428 e. The van der Waals surface area contributed by atoms with Crippen molar-refractivity contribution >= 4 is 21.9 Å². The predicted octanol–water partition coefficient (Wildman–Crippen LogP) is 3.58. The number of carbonyl (C=O) groups is 1. The second kappa shape index (κ2) is 6.45. The summed E-state index contributed by atoms with van der Waals surface area (Å²) >= 11 is 3.16. The van der Waals surface area contributed by atoms with Crippen LogP contribution in [-0.4, -0.2) is 35.1 Å². The molecule has 2 N–H and O–H groups in total. The first-order valence-corrected chi connectivity index (χ1v) is 7.12. The van der Waals surface area contributed by atoms with Crippen LogP contribution in [0.1, 0.15) is 25.3 Å². The van der Waals surface area contributed by atoms with Gasteiger partial charge in [0.2, 0.25) is 0 Å². The third kappa shape index (κ3) is 3.22. The van der Waals surface area contributed by atoms with Gasteiger partial charge in [-0.2, -0.15) is 13.2 Å². The normalized spacial score (nSPS) is 16.2. The Balaban J connectivity index is 3.63. The summed E-state index contributed by atoms with van der Waals surface area (Å²) in [6.45, 7) is 2.82. The molecule has 0 aliphatic heterocycles. The molecule has 1 aromatic rings. The first-order valence-electron chi connectivity index (χ1n) is 6.32. The molecule has 0 saturated heterocycles. The molecule has 0 fully saturated rings. The average molecular weight is 385 g/mol. The van der Waals surface area contributed by atoms with Gasteiger partial charge in [-0.25, -0.2) is 4.79 Å². The molecule has 2 unspecified atom stereocenters. The van der Waals surface area contributed by atoms with E-state index in [2.05, 4.69) is 15.9 Å². The van der Waals surface area contributed by atoms with Crippen molar-refractivity contribution in [1.29, 1.82) is 0 Å². The van der Waals surface area contributed by atoms with Gasteiger partial charge in [-0.3, -0.25) is 0 Å². The molecule has 8 heteroatoms. The summed E-state index contributed by atoms with van der Waals surface area (Å²) in [5.74, 6) is -4.81. The minimum absolute atomic E-state index is 0.0251. The molecular formula is C14H16BrF3O4. The minimum atomic E-state index is -5.34. The summed E-state index contributed by atoms with van der Waals surface area (Å²) in [4.78, 5) is 11.2. The summed E-state index contributed by atoms with van der Waals surface area (Å²) in [6.07, 6.45) is -5.34. The van der Waals surface area contributed by atoms with E-state index in [9.17, 15) is 23.1 Å². The number of benzene rings is 1. The Morgan fingerprint density at radius 1 is 1.32 bits per heavy atom. The van der Waals surface area contributed by atoms with Gasteiger partial charge in [0, 0.05) is 16.0 Å². The van der Waals surface area contributed by atoms with Gasteiger partial charge in [-0.1, -0.05) is 35.8 Å². The molecule has 2 atom stereocenters. The van der Waals surface area contributed by atoms with Crippen LogP contribution in [0, 0.1) is 5.92 Å². The number of aliphatic carboxylic acids is 1. The van der Waals surface area contributed by atoms with Crippen LogP contribution in [0.2, 0.25) is 0 Å². The van der Waals surface area contributed by atoms with Crippen LogP contribution >= 0.6 is 15.9 Å². The maximum Gasteiger partial charge on any atom is 0.428 e. The highest BCUT2D eigenvalue weighted by molar-refractivity contribution is 9.10. The second-order valence-electron chi connectivity index (χ2n) is 5.18. The lowest BCUT2D eigenvalue weighted by molar-refractivity contribution is -0.270. The predicted molar refractivity (Wildman–Crippen MR) is 76.9 cm³/mol. The third-order valence-electron chi connectivity index (χ3n) is 3.41. The van der Waals surface area contributed by atoms with Gasteiger partial charge in [0.15, 0.2) is 0 Å². The van der Waals surface area contributed by atoms with Crippen molar-refractivity contribution in [1.82, 2.24) is 0 Å². The number of carboxylic acid groups (broad SMARTS) is 1. The molecule has 0 spiro atoms. The molecule has 0 saturated carbocycles. The first kappa shape index (κ1) is 18.8. The third-order valence-corrected chi connectivity index (χ3v) is 3.90. The van der Waals surface area contributed by atoms with Crippen LogP contribution in [0.15, 0.2) is 22.7 Å². The Morgan fingerprint density at radius 2 is 1.86 bits per heavy atom. The molecule has 1 rings (SSSR count). The summed E-state index contributed by atoms with van der Waals surface area (Å²) in [7, 11) is 1.26. The van der Waals surface area contributed by atoms with Crippen LogP contribution < -0.4 is 4.74 Å². The van der Waals surface area contributed by atoms with E-state index >= 15 is 0 Å². The van der Waals surface area contributed by atoms with Crippen LogP contribution in [0.5, 0.6) is 5.75 Å². The molecular weight excluding hydrogens is 369 g/mol. The van der Waals surface area contributed by atoms with Crippen LogP contribution in [-0.2, 0) is 4.79 Å². The lowest BCUT2D eigenvalue weighted by atomic mass is 9.74. The Bertz CT molecular complexity index is 560. The molecule has 0 aliphatic rings. The van der Waals surface area contributed by atoms with Crippen LogP contribution in [0.25, 0.3) is 0 Å². The second-order valence-corrected chi connectivity index (χ2v) is 6.09. The SMILES string of the molecule is COc1cc(Br)ccc1C(C(C)C)C(O)(C(=O)O)C(F)(F)F. The zero-order valence-electron chi connectivity index (χ0n) is 12.1. The number of carboxylic acids is 1. The van der Waals surface area contributed by atoms with Crippen LogP contribution in [0.4, 0.5) is 13.2 Å². The maximum atomic E-state index is 13.3. The van der Waals surface area contributed by atoms with E-state index in [1.165, 1.54) is 39.2 Å². The first-order chi connectivity index (χ1) is 9.96. The van der Waals surface area contributed by atoms with Crippen molar-refractivity contribution in [3.05, 3.63) is 28.2 Å². The van der Waals surface area contributed by atoms with Gasteiger partial charge in [0.1, 0.15) is 5.75 Å². The quantitative estimate of drug-likeness (QED) is 0.814. The van der Waals surface area contributed by atoms with E-state index in [1.54, 1.807) is 0 Å². The fourth-order valence-corrected chi connectivity index (χ4v) is 2.78. The summed E-state index contributed by atoms with van der Waals surface area (Å²) in [5.41, 5.74) is -3.94. The molecule has 0 aliphatic carbocycles. The van der Waals surface area contributed by atoms with Gasteiger partial charge >= 0.3 is 12.1 Å². The molecule has 22 heavy (non-hydrogen) atoms. The number of hydrogen-bond acceptors (Lipinski definition) is 3. The van der Waals surface area contributed by atoms with Gasteiger partial charge < -0.3 is 14.9 Å². The molecule has 124 valence electrons. The Labute approximate surface area is 134 Å². The molecule has 0 aromatic heterocycles. The lowest BCUT2D eigenvalue weighted by Crippen LogP contribution is -2.57. The lowest BCUT2D eigenvalue weighted by Gasteiger charge is -2.37. The monoisotopic (exact) mass is 384 g/mol. The van der Waals surface area contributed by atoms with Crippen LogP contribution in [0.3, 0.4) is 0 Å². The van der Waals surface area contributed by atoms with E-state index in [1.807, 2.05) is 0 Å². The maximum absolute atomic E-state index is 13.3. The van der Waals surface area contributed by atoms with E-state index in [0.717, 1.165) is 0 Å². The molecule has 0 amide bonds. The zero-order chi connectivity index (χ0) is 17.3. The van der Waals surface area contributed by atoms with Gasteiger partial charge in [0.25, 0.3) is 5.60 Å². The topological polar surface area (TPSA) is 66.8 Å². The van der Waals surface area contributed by atoms with E-state index < -0.39 is 29.6 Å². The number of halogens is 4. The largest absolute Gasteiger partial charge is 0.496 e. The fourth-order valence-electron chi connectivity index (χ4n) is 2.44. The van der Waals surface area contributed by atoms with Gasteiger partial charge in [0.05, 0.1) is 7.11 Å². The number of alkyl halides is 3. The Morgan fingerprint density at radius 3 is 2.23 bits per heavy atom. The summed E-state index contributed by atoms with van der Waals surface area (Å²) in [5, 5.41) is 19.1. The highest BCUT2D eigenvalue weighted by Crippen LogP contribution is 2.48. The summed E-state index contributed by atoms with van der Waals surface area (Å²) < 4.78 is 45.5. The molecule has 4 nitrogen and oxygen atoms in total. The number of aliphatic hydroxyl groups is 1. The van der Waals surface area contributed by atoms with Crippen molar-refractivity contribution in [2.45, 2.75) is 31.5 Å². The average Bonchev–Trinajstić information content (AvgIpc) is 2.38. The van der Waals surface area contributed by atoms with E-state index in [0.29, 0.717) is 4.47 Å². The highest BCUT2D eigenvalue weighted by Gasteiger charge is 2.65. The minimum Gasteiger partial charge on any atom is -0.496 e. The molecule has 1 aromatic carbocycles. The Kier molecular flexibility index (Phi) is 5.51. The van der Waals surface area contributed by atoms with Crippen molar-refractivity contribution in [3.63, 3.8) is 0 Å². The number of rotatable bonds is 5. The number of hydrogen-bond donors (Lipinski definition) is 2. The Hall–Kier alpha value is -1.28. The van der Waals surface area contributed by atoms with E-state index in [-0.39, 0.29) is 11.3 Å². The van der Waals surface area contributed by atoms with Crippen molar-refractivity contribution < 1.29 is 32.9 Å². The fraction of sp³-hybridized carbons (Fsp3) is 0.500.